The van der Waals surface area contributed by atoms with Gasteiger partial charge in [-0.2, -0.15) is 0 Å². The maximum Gasteiger partial charge on any atom is 0.349 e. The van der Waals surface area contributed by atoms with Crippen molar-refractivity contribution in [2.24, 2.45) is 0 Å². The Hall–Kier alpha value is -1.46. The molecular formula is C33H52OP+. The van der Waals surface area contributed by atoms with E-state index in [0.717, 1.165) is 12.6 Å². The number of unbranched alkanes of at least 4 members (excludes halogenated alkanes) is 15. The summed E-state index contributed by atoms with van der Waals surface area (Å²) in [5.74, 6) is 0. The lowest BCUT2D eigenvalue weighted by molar-refractivity contribution is 0.528. The van der Waals surface area contributed by atoms with E-state index in [0.29, 0.717) is 0 Å². The minimum Gasteiger partial charge on any atom is -0.0738 e. The predicted octanol–water partition coefficient (Wildman–Crippen LogP) is 11.2. The second-order valence-electron chi connectivity index (χ2n) is 10.9. The van der Waals surface area contributed by atoms with Crippen LogP contribution in [0.4, 0.5) is 0 Å². The molecule has 35 heavy (non-hydrogen) atoms. The number of hydrogen-bond acceptors (Lipinski definition) is 1. The van der Waals surface area contributed by atoms with E-state index in [2.05, 4.69) is 68.4 Å². The van der Waals surface area contributed by atoms with Crippen LogP contribution in [0.2, 0.25) is 0 Å². The molecule has 1 nitrogen and oxygen atoms in total. The molecule has 0 saturated heterocycles. The average Bonchev–Trinajstić information content (AvgIpc) is 2.89. The van der Waals surface area contributed by atoms with Crippen molar-refractivity contribution in [3.05, 3.63) is 71.8 Å². The summed E-state index contributed by atoms with van der Waals surface area (Å²) in [6.07, 6.45) is 24.0. The van der Waals surface area contributed by atoms with Gasteiger partial charge in [0.05, 0.1) is 0 Å². The molecule has 0 fully saturated rings. The van der Waals surface area contributed by atoms with Crippen molar-refractivity contribution in [1.29, 1.82) is 0 Å². The van der Waals surface area contributed by atoms with Crippen LogP contribution in [0.5, 0.6) is 0 Å². The first-order valence-corrected chi connectivity index (χ1v) is 16.1. The van der Waals surface area contributed by atoms with Gasteiger partial charge in [-0.3, -0.25) is 0 Å². The zero-order valence-corrected chi connectivity index (χ0v) is 23.8. The molecule has 0 aliphatic carbocycles. The minimum atomic E-state index is -1.20. The molecule has 0 saturated carbocycles. The van der Waals surface area contributed by atoms with Gasteiger partial charge in [-0.25, -0.2) is 0 Å². The third-order valence-electron chi connectivity index (χ3n) is 7.52. The Labute approximate surface area is 218 Å². The van der Waals surface area contributed by atoms with Gasteiger partial charge in [0, 0.05) is 5.56 Å². The number of hydrogen-bond donors (Lipinski definition) is 0. The number of aryl methyl sites for hydroxylation is 1. The Kier molecular flexibility index (Phi) is 16.0. The van der Waals surface area contributed by atoms with E-state index in [4.69, 9.17) is 0 Å². The van der Waals surface area contributed by atoms with Crippen molar-refractivity contribution in [1.82, 2.24) is 0 Å². The molecule has 2 aromatic carbocycles. The Balaban J connectivity index is 1.30. The number of benzene rings is 2. The molecule has 0 heterocycles. The summed E-state index contributed by atoms with van der Waals surface area (Å²) in [4.78, 5) is 0. The topological polar surface area (TPSA) is 17.1 Å². The van der Waals surface area contributed by atoms with Gasteiger partial charge in [0.15, 0.2) is 5.16 Å². The van der Waals surface area contributed by atoms with Gasteiger partial charge in [-0.15, -0.1) is 0 Å². The van der Waals surface area contributed by atoms with E-state index in [1.165, 1.54) is 114 Å². The molecule has 1 unspecified atom stereocenters. The molecular weight excluding hydrogens is 443 g/mol. The van der Waals surface area contributed by atoms with Crippen LogP contribution in [0.25, 0.3) is 0 Å². The first kappa shape index (κ1) is 29.8. The lowest BCUT2D eigenvalue weighted by Crippen LogP contribution is -2.12. The van der Waals surface area contributed by atoms with Crippen LogP contribution >= 0.6 is 7.80 Å². The standard InChI is InChI=1S/C33H52OP/c1-33(2,32-28-22-18-23-29-32)35(34)30-24-16-14-12-10-8-6-4-3-5-7-9-11-13-15-19-25-31-26-20-17-21-27-31/h17-18,20-23,26-29H,3-16,19,24-25,30H2,1-2H3/q+1. The molecule has 0 aromatic heterocycles. The molecule has 0 aliphatic heterocycles. The molecule has 0 bridgehead atoms. The third kappa shape index (κ3) is 13.4. The third-order valence-corrected chi connectivity index (χ3v) is 9.75. The Bertz CT molecular complexity index is 768. The quantitative estimate of drug-likeness (QED) is 0.124. The molecule has 2 aromatic rings. The van der Waals surface area contributed by atoms with E-state index in [-0.39, 0.29) is 5.16 Å². The second-order valence-corrected chi connectivity index (χ2v) is 13.2. The fraction of sp³-hybridized carbons (Fsp3) is 0.636. The first-order chi connectivity index (χ1) is 17.1. The molecule has 0 radical (unpaired) electrons. The van der Waals surface area contributed by atoms with Crippen LogP contribution in [0, 0.1) is 0 Å². The van der Waals surface area contributed by atoms with Crippen molar-refractivity contribution < 1.29 is 4.57 Å². The lowest BCUT2D eigenvalue weighted by Gasteiger charge is -2.14. The molecule has 1 atom stereocenters. The highest BCUT2D eigenvalue weighted by molar-refractivity contribution is 7.46. The van der Waals surface area contributed by atoms with E-state index < -0.39 is 7.80 Å². The van der Waals surface area contributed by atoms with Crippen LogP contribution in [0.15, 0.2) is 60.7 Å². The predicted molar refractivity (Wildman–Crippen MR) is 156 cm³/mol. The van der Waals surface area contributed by atoms with Gasteiger partial charge >= 0.3 is 7.80 Å². The average molecular weight is 496 g/mol. The summed E-state index contributed by atoms with van der Waals surface area (Å²) in [5.41, 5.74) is 2.69. The molecule has 0 aliphatic rings. The zero-order chi connectivity index (χ0) is 25.0. The van der Waals surface area contributed by atoms with Gasteiger partial charge in [-0.05, 0) is 45.1 Å². The minimum absolute atomic E-state index is 0.209. The van der Waals surface area contributed by atoms with Gasteiger partial charge < -0.3 is 0 Å². The maximum absolute atomic E-state index is 12.8. The summed E-state index contributed by atoms with van der Waals surface area (Å²) in [6.45, 7) is 4.27. The Morgan fingerprint density at radius 2 is 0.886 bits per heavy atom. The first-order valence-electron chi connectivity index (χ1n) is 14.6. The van der Waals surface area contributed by atoms with Crippen molar-refractivity contribution in [3.63, 3.8) is 0 Å². The molecule has 0 amide bonds. The van der Waals surface area contributed by atoms with Gasteiger partial charge in [0.2, 0.25) is 0 Å². The molecule has 194 valence electrons. The fourth-order valence-corrected chi connectivity index (χ4v) is 6.48. The Morgan fingerprint density at radius 3 is 1.34 bits per heavy atom. The molecule has 0 spiro atoms. The van der Waals surface area contributed by atoms with Crippen molar-refractivity contribution in [3.8, 4) is 0 Å². The van der Waals surface area contributed by atoms with E-state index in [9.17, 15) is 4.57 Å². The maximum atomic E-state index is 12.8. The van der Waals surface area contributed by atoms with Gasteiger partial charge in [-0.1, -0.05) is 149 Å². The highest BCUT2D eigenvalue weighted by Crippen LogP contribution is 2.47. The lowest BCUT2D eigenvalue weighted by atomic mass is 10.0. The number of rotatable bonds is 21. The molecule has 0 N–H and O–H groups in total. The molecule has 2 rings (SSSR count). The summed E-state index contributed by atoms with van der Waals surface area (Å²) in [6, 6.07) is 21.3. The summed E-state index contributed by atoms with van der Waals surface area (Å²) in [7, 11) is -1.20. The van der Waals surface area contributed by atoms with Crippen LogP contribution in [0.1, 0.15) is 128 Å². The van der Waals surface area contributed by atoms with E-state index in [1.807, 2.05) is 6.07 Å². The van der Waals surface area contributed by atoms with Crippen LogP contribution in [-0.2, 0) is 16.1 Å². The summed E-state index contributed by atoms with van der Waals surface area (Å²) in [5, 5.41) is -0.209. The van der Waals surface area contributed by atoms with E-state index in [1.54, 1.807) is 0 Å². The Morgan fingerprint density at radius 1 is 0.514 bits per heavy atom. The fourth-order valence-electron chi connectivity index (χ4n) is 4.97. The second kappa shape index (κ2) is 18.8. The largest absolute Gasteiger partial charge is 0.349 e. The molecule has 2 heteroatoms. The SMILES string of the molecule is CC(C)(c1ccccc1)[P+](=O)CCCCCCCCCCCCCCCCCCc1ccccc1. The highest BCUT2D eigenvalue weighted by atomic mass is 31.1. The van der Waals surface area contributed by atoms with Crippen molar-refractivity contribution in [2.75, 3.05) is 6.16 Å². The monoisotopic (exact) mass is 495 g/mol. The van der Waals surface area contributed by atoms with Gasteiger partial charge in [0.25, 0.3) is 0 Å². The van der Waals surface area contributed by atoms with Crippen LogP contribution in [0.3, 0.4) is 0 Å². The highest BCUT2D eigenvalue weighted by Gasteiger charge is 2.40. The smallest absolute Gasteiger partial charge is 0.0738 e. The van der Waals surface area contributed by atoms with Gasteiger partial charge in [0.1, 0.15) is 6.16 Å². The zero-order valence-electron chi connectivity index (χ0n) is 22.9. The normalized spacial score (nSPS) is 12.1. The van der Waals surface area contributed by atoms with Crippen LogP contribution < -0.4 is 0 Å². The van der Waals surface area contributed by atoms with E-state index >= 15 is 0 Å². The summed E-state index contributed by atoms with van der Waals surface area (Å²) >= 11 is 0. The van der Waals surface area contributed by atoms with Crippen molar-refractivity contribution >= 4 is 7.80 Å². The van der Waals surface area contributed by atoms with Crippen molar-refractivity contribution in [2.45, 2.75) is 128 Å². The van der Waals surface area contributed by atoms with Crippen LogP contribution in [-0.4, -0.2) is 6.16 Å². The summed E-state index contributed by atoms with van der Waals surface area (Å²) < 4.78 is 12.8.